The van der Waals surface area contributed by atoms with Crippen LogP contribution in [0.3, 0.4) is 0 Å². The molecule has 0 saturated carbocycles. The predicted octanol–water partition coefficient (Wildman–Crippen LogP) is 4.87. The normalized spacial score (nSPS) is 26.5. The van der Waals surface area contributed by atoms with Crippen LogP contribution in [-0.4, -0.2) is 6.61 Å². The molecule has 2 aromatic carbocycles. The van der Waals surface area contributed by atoms with Crippen LogP contribution in [-0.2, 0) is 10.3 Å². The SMILES string of the molecule is C[C@]1(c2ccccc2)C[C@@H](c2cccc(Br)c2)CO1. The minimum absolute atomic E-state index is 0.158. The molecule has 1 fully saturated rings. The molecule has 0 amide bonds. The summed E-state index contributed by atoms with van der Waals surface area (Å²) in [5.41, 5.74) is 2.47. The van der Waals surface area contributed by atoms with E-state index in [2.05, 4.69) is 71.4 Å². The Balaban J connectivity index is 1.84. The fraction of sp³-hybridized carbons (Fsp3) is 0.294. The number of rotatable bonds is 2. The number of hydrogen-bond acceptors (Lipinski definition) is 1. The van der Waals surface area contributed by atoms with Crippen molar-refractivity contribution in [1.82, 2.24) is 0 Å². The first-order chi connectivity index (χ1) is 9.17. The van der Waals surface area contributed by atoms with Crippen LogP contribution in [0.4, 0.5) is 0 Å². The second kappa shape index (κ2) is 5.10. The highest BCUT2D eigenvalue weighted by molar-refractivity contribution is 9.10. The Morgan fingerprint density at radius 2 is 1.89 bits per heavy atom. The molecular weight excluding hydrogens is 300 g/mol. The minimum atomic E-state index is -0.158. The van der Waals surface area contributed by atoms with E-state index in [9.17, 15) is 0 Å². The Hall–Kier alpha value is -1.12. The van der Waals surface area contributed by atoms with Gasteiger partial charge < -0.3 is 4.74 Å². The molecule has 1 heterocycles. The van der Waals surface area contributed by atoms with Gasteiger partial charge in [0.25, 0.3) is 0 Å². The molecule has 0 unspecified atom stereocenters. The highest BCUT2D eigenvalue weighted by Crippen LogP contribution is 2.43. The number of halogens is 1. The second-order valence-corrected chi connectivity index (χ2v) is 6.28. The van der Waals surface area contributed by atoms with E-state index < -0.39 is 0 Å². The van der Waals surface area contributed by atoms with Crippen molar-refractivity contribution in [2.24, 2.45) is 0 Å². The van der Waals surface area contributed by atoms with Crippen molar-refractivity contribution >= 4 is 15.9 Å². The average molecular weight is 317 g/mol. The van der Waals surface area contributed by atoms with Gasteiger partial charge in [-0.3, -0.25) is 0 Å². The molecule has 98 valence electrons. The summed E-state index contributed by atoms with van der Waals surface area (Å²) >= 11 is 3.54. The van der Waals surface area contributed by atoms with Gasteiger partial charge in [-0.1, -0.05) is 58.4 Å². The molecule has 2 atom stereocenters. The Kier molecular flexibility index (Phi) is 3.46. The first kappa shape index (κ1) is 12.9. The molecule has 0 aliphatic carbocycles. The topological polar surface area (TPSA) is 9.23 Å². The van der Waals surface area contributed by atoms with Gasteiger partial charge in [0, 0.05) is 10.4 Å². The van der Waals surface area contributed by atoms with Crippen molar-refractivity contribution in [3.8, 4) is 0 Å². The van der Waals surface area contributed by atoms with Crippen LogP contribution in [0.1, 0.15) is 30.4 Å². The van der Waals surface area contributed by atoms with E-state index >= 15 is 0 Å². The molecular formula is C17H17BrO. The standard InChI is InChI=1S/C17H17BrO/c1-17(15-7-3-2-4-8-15)11-14(12-19-17)13-6-5-9-16(18)10-13/h2-10,14H,11-12H2,1H3/t14-,17-/m1/s1. The molecule has 2 heteroatoms. The van der Waals surface area contributed by atoms with Gasteiger partial charge >= 0.3 is 0 Å². The maximum atomic E-state index is 6.12. The van der Waals surface area contributed by atoms with E-state index in [1.807, 2.05) is 6.07 Å². The largest absolute Gasteiger partial charge is 0.370 e. The molecule has 0 bridgehead atoms. The van der Waals surface area contributed by atoms with Gasteiger partial charge in [-0.05, 0) is 36.6 Å². The summed E-state index contributed by atoms with van der Waals surface area (Å²) in [5.74, 6) is 0.475. The summed E-state index contributed by atoms with van der Waals surface area (Å²) in [6.07, 6.45) is 1.04. The van der Waals surface area contributed by atoms with Crippen molar-refractivity contribution in [2.75, 3.05) is 6.61 Å². The van der Waals surface area contributed by atoms with E-state index in [-0.39, 0.29) is 5.60 Å². The lowest BCUT2D eigenvalue weighted by atomic mass is 9.86. The number of hydrogen-bond donors (Lipinski definition) is 0. The highest BCUT2D eigenvalue weighted by atomic mass is 79.9. The maximum Gasteiger partial charge on any atom is 0.0910 e. The molecule has 2 aromatic rings. The smallest absolute Gasteiger partial charge is 0.0910 e. The third kappa shape index (κ3) is 2.60. The van der Waals surface area contributed by atoms with Crippen molar-refractivity contribution in [3.63, 3.8) is 0 Å². The molecule has 1 aliphatic heterocycles. The summed E-state index contributed by atoms with van der Waals surface area (Å²) in [5, 5.41) is 0. The van der Waals surface area contributed by atoms with Crippen LogP contribution >= 0.6 is 15.9 Å². The minimum Gasteiger partial charge on any atom is -0.370 e. The Bertz CT molecular complexity index is 566. The lowest BCUT2D eigenvalue weighted by Gasteiger charge is -2.24. The second-order valence-electron chi connectivity index (χ2n) is 5.36. The maximum absolute atomic E-state index is 6.12. The first-order valence-corrected chi connectivity index (χ1v) is 7.42. The zero-order valence-corrected chi connectivity index (χ0v) is 12.6. The lowest BCUT2D eigenvalue weighted by molar-refractivity contribution is 0.0164. The van der Waals surface area contributed by atoms with Gasteiger partial charge in [-0.15, -0.1) is 0 Å². The van der Waals surface area contributed by atoms with Gasteiger partial charge in [0.1, 0.15) is 0 Å². The van der Waals surface area contributed by atoms with Crippen molar-refractivity contribution in [2.45, 2.75) is 24.9 Å². The van der Waals surface area contributed by atoms with Crippen LogP contribution in [0.15, 0.2) is 59.1 Å². The molecule has 1 aliphatic rings. The molecule has 0 radical (unpaired) electrons. The zero-order chi connectivity index (χ0) is 13.3. The predicted molar refractivity (Wildman–Crippen MR) is 81.2 cm³/mol. The fourth-order valence-electron chi connectivity index (χ4n) is 2.84. The molecule has 0 N–H and O–H groups in total. The van der Waals surface area contributed by atoms with Gasteiger partial charge in [0.05, 0.1) is 12.2 Å². The molecule has 1 nitrogen and oxygen atoms in total. The number of benzene rings is 2. The third-order valence-electron chi connectivity index (χ3n) is 3.94. The van der Waals surface area contributed by atoms with E-state index in [4.69, 9.17) is 4.74 Å². The van der Waals surface area contributed by atoms with Gasteiger partial charge in [-0.25, -0.2) is 0 Å². The van der Waals surface area contributed by atoms with E-state index in [0.717, 1.165) is 17.5 Å². The van der Waals surface area contributed by atoms with Crippen LogP contribution in [0.2, 0.25) is 0 Å². The summed E-state index contributed by atoms with van der Waals surface area (Å²) in [7, 11) is 0. The third-order valence-corrected chi connectivity index (χ3v) is 4.44. The van der Waals surface area contributed by atoms with Gasteiger partial charge in [0.2, 0.25) is 0 Å². The van der Waals surface area contributed by atoms with Crippen molar-refractivity contribution in [3.05, 3.63) is 70.2 Å². The van der Waals surface area contributed by atoms with Gasteiger partial charge in [-0.2, -0.15) is 0 Å². The average Bonchev–Trinajstić information content (AvgIpc) is 2.84. The fourth-order valence-corrected chi connectivity index (χ4v) is 3.26. The zero-order valence-electron chi connectivity index (χ0n) is 11.0. The van der Waals surface area contributed by atoms with E-state index in [0.29, 0.717) is 5.92 Å². The van der Waals surface area contributed by atoms with Crippen LogP contribution in [0.5, 0.6) is 0 Å². The van der Waals surface area contributed by atoms with E-state index in [1.165, 1.54) is 11.1 Å². The summed E-state index contributed by atoms with van der Waals surface area (Å²) in [6, 6.07) is 19.1. The Morgan fingerprint density at radius 1 is 1.11 bits per heavy atom. The quantitative estimate of drug-likeness (QED) is 0.768. The molecule has 0 aromatic heterocycles. The summed E-state index contributed by atoms with van der Waals surface area (Å²) in [6.45, 7) is 2.99. The molecule has 0 spiro atoms. The first-order valence-electron chi connectivity index (χ1n) is 6.62. The lowest BCUT2D eigenvalue weighted by Crippen LogP contribution is -2.19. The Labute approximate surface area is 122 Å². The van der Waals surface area contributed by atoms with E-state index in [1.54, 1.807) is 0 Å². The molecule has 1 saturated heterocycles. The van der Waals surface area contributed by atoms with Crippen LogP contribution < -0.4 is 0 Å². The van der Waals surface area contributed by atoms with Crippen molar-refractivity contribution in [1.29, 1.82) is 0 Å². The van der Waals surface area contributed by atoms with Crippen LogP contribution in [0, 0.1) is 0 Å². The van der Waals surface area contributed by atoms with Crippen molar-refractivity contribution < 1.29 is 4.74 Å². The Morgan fingerprint density at radius 3 is 2.63 bits per heavy atom. The monoisotopic (exact) mass is 316 g/mol. The molecule has 3 rings (SSSR count). The number of ether oxygens (including phenoxy) is 1. The van der Waals surface area contributed by atoms with Gasteiger partial charge in [0.15, 0.2) is 0 Å². The highest BCUT2D eigenvalue weighted by Gasteiger charge is 2.38. The summed E-state index contributed by atoms with van der Waals surface area (Å²) in [4.78, 5) is 0. The summed E-state index contributed by atoms with van der Waals surface area (Å²) < 4.78 is 7.26. The van der Waals surface area contributed by atoms with Crippen LogP contribution in [0.25, 0.3) is 0 Å². The molecule has 19 heavy (non-hydrogen) atoms.